The smallest absolute Gasteiger partial charge is 0.416 e. The minimum absolute atomic E-state index is 0.0971. The van der Waals surface area contributed by atoms with Crippen molar-refractivity contribution in [2.45, 2.75) is 19.5 Å². The molecule has 8 heteroatoms. The highest BCUT2D eigenvalue weighted by Crippen LogP contribution is 2.29. The zero-order chi connectivity index (χ0) is 17.0. The normalized spacial score (nSPS) is 11.3. The van der Waals surface area contributed by atoms with Crippen LogP contribution < -0.4 is 4.74 Å². The van der Waals surface area contributed by atoms with Crippen LogP contribution in [0.5, 0.6) is 5.88 Å². The lowest BCUT2D eigenvalue weighted by Crippen LogP contribution is -2.06. The van der Waals surface area contributed by atoms with E-state index in [1.165, 1.54) is 18.2 Å². The van der Waals surface area contributed by atoms with Crippen molar-refractivity contribution in [2.24, 2.45) is 0 Å². The van der Waals surface area contributed by atoms with Crippen molar-refractivity contribution in [3.63, 3.8) is 0 Å². The molecule has 1 heterocycles. The van der Waals surface area contributed by atoms with Crippen LogP contribution in [0.1, 0.15) is 16.7 Å². The maximum absolute atomic E-state index is 12.4. The van der Waals surface area contributed by atoms with Gasteiger partial charge in [0.2, 0.25) is 5.88 Å². The fraction of sp³-hybridized carbons (Fsp3) is 0.267. The zero-order valence-corrected chi connectivity index (χ0v) is 12.1. The Morgan fingerprint density at radius 3 is 2.43 bits per heavy atom. The van der Waals surface area contributed by atoms with Crippen molar-refractivity contribution in [2.75, 3.05) is 6.61 Å². The molecule has 0 unspecified atom stereocenters. The van der Waals surface area contributed by atoms with E-state index in [0.717, 1.165) is 18.3 Å². The summed E-state index contributed by atoms with van der Waals surface area (Å²) in [6, 6.07) is 6.26. The summed E-state index contributed by atoms with van der Waals surface area (Å²) in [5.74, 6) is 0.236. The summed E-state index contributed by atoms with van der Waals surface area (Å²) in [4.78, 5) is 14.0. The lowest BCUT2D eigenvalue weighted by molar-refractivity contribution is -0.385. The summed E-state index contributed by atoms with van der Waals surface area (Å²) in [6.45, 7) is 1.78. The van der Waals surface area contributed by atoms with E-state index >= 15 is 0 Å². The topological polar surface area (TPSA) is 65.3 Å². The molecule has 5 nitrogen and oxygen atoms in total. The molecule has 0 radical (unpaired) electrons. The van der Waals surface area contributed by atoms with Gasteiger partial charge in [0.1, 0.15) is 6.20 Å². The zero-order valence-electron chi connectivity index (χ0n) is 12.1. The molecule has 0 saturated heterocycles. The number of ether oxygens (including phenoxy) is 1. The van der Waals surface area contributed by atoms with Crippen LogP contribution >= 0.6 is 0 Å². The number of alkyl halides is 3. The van der Waals surface area contributed by atoms with E-state index in [9.17, 15) is 23.3 Å². The summed E-state index contributed by atoms with van der Waals surface area (Å²) >= 11 is 0. The monoisotopic (exact) mass is 326 g/mol. The lowest BCUT2D eigenvalue weighted by atomic mass is 10.1. The Bertz CT molecular complexity index is 700. The predicted molar refractivity (Wildman–Crippen MR) is 76.3 cm³/mol. The molecule has 0 amide bonds. The van der Waals surface area contributed by atoms with Crippen molar-refractivity contribution in [3.05, 3.63) is 63.3 Å². The third-order valence-electron chi connectivity index (χ3n) is 3.18. The first-order valence-corrected chi connectivity index (χ1v) is 6.67. The number of halogens is 3. The van der Waals surface area contributed by atoms with E-state index in [1.807, 2.05) is 0 Å². The molecule has 0 aliphatic carbocycles. The molecule has 0 bridgehead atoms. The van der Waals surface area contributed by atoms with Crippen molar-refractivity contribution in [1.82, 2.24) is 4.98 Å². The van der Waals surface area contributed by atoms with Gasteiger partial charge in [0.15, 0.2) is 0 Å². The van der Waals surface area contributed by atoms with E-state index < -0.39 is 16.7 Å². The van der Waals surface area contributed by atoms with Crippen LogP contribution in [0.3, 0.4) is 0 Å². The van der Waals surface area contributed by atoms with E-state index in [1.54, 1.807) is 6.92 Å². The summed E-state index contributed by atoms with van der Waals surface area (Å²) in [5, 5.41) is 10.7. The molecule has 0 aliphatic heterocycles. The molecule has 0 spiro atoms. The standard InChI is InChI=1S/C15H13F3N2O3/c1-10-8-14(19-9-13(10)20(21)22)23-7-6-11-2-4-12(5-3-11)15(16,17)18/h2-5,8-9H,6-7H2,1H3. The quantitative estimate of drug-likeness (QED) is 0.616. The third kappa shape index (κ3) is 4.41. The second-order valence-corrected chi connectivity index (χ2v) is 4.86. The fourth-order valence-corrected chi connectivity index (χ4v) is 1.93. The van der Waals surface area contributed by atoms with Crippen molar-refractivity contribution in [3.8, 4) is 5.88 Å². The van der Waals surface area contributed by atoms with Gasteiger partial charge in [-0.3, -0.25) is 10.1 Å². The van der Waals surface area contributed by atoms with Crippen LogP contribution in [0.4, 0.5) is 18.9 Å². The van der Waals surface area contributed by atoms with E-state index in [2.05, 4.69) is 4.98 Å². The molecule has 1 aromatic carbocycles. The number of nitrogens with zero attached hydrogens (tertiary/aromatic N) is 2. The van der Waals surface area contributed by atoms with Gasteiger partial charge in [-0.2, -0.15) is 13.2 Å². The van der Waals surface area contributed by atoms with Crippen LogP contribution in [-0.2, 0) is 12.6 Å². The number of aromatic nitrogens is 1. The molecule has 0 atom stereocenters. The number of pyridine rings is 1. The van der Waals surface area contributed by atoms with Gasteiger partial charge in [0, 0.05) is 18.1 Å². The Morgan fingerprint density at radius 1 is 1.26 bits per heavy atom. The van der Waals surface area contributed by atoms with Gasteiger partial charge in [-0.15, -0.1) is 0 Å². The van der Waals surface area contributed by atoms with Crippen LogP contribution in [0.25, 0.3) is 0 Å². The summed E-state index contributed by atoms with van der Waals surface area (Å²) in [7, 11) is 0. The Hall–Kier alpha value is -2.64. The molecule has 2 aromatic rings. The molecule has 0 saturated carbocycles. The molecule has 122 valence electrons. The highest BCUT2D eigenvalue weighted by Gasteiger charge is 2.29. The summed E-state index contributed by atoms with van der Waals surface area (Å²) < 4.78 is 42.7. The first-order chi connectivity index (χ1) is 10.8. The van der Waals surface area contributed by atoms with Gasteiger partial charge in [-0.25, -0.2) is 4.98 Å². The third-order valence-corrected chi connectivity index (χ3v) is 3.18. The molecule has 23 heavy (non-hydrogen) atoms. The fourth-order valence-electron chi connectivity index (χ4n) is 1.93. The second kappa shape index (κ2) is 6.64. The van der Waals surface area contributed by atoms with Crippen LogP contribution in [-0.4, -0.2) is 16.5 Å². The van der Waals surface area contributed by atoms with Crippen molar-refractivity contribution >= 4 is 5.69 Å². The molecule has 0 aliphatic rings. The van der Waals surface area contributed by atoms with Crippen molar-refractivity contribution < 1.29 is 22.8 Å². The number of rotatable bonds is 5. The Balaban J connectivity index is 1.92. The van der Waals surface area contributed by atoms with Gasteiger partial charge >= 0.3 is 6.18 Å². The first kappa shape index (κ1) is 16.7. The first-order valence-electron chi connectivity index (χ1n) is 6.67. The van der Waals surface area contributed by atoms with Crippen LogP contribution in [0.2, 0.25) is 0 Å². The van der Waals surface area contributed by atoms with Gasteiger partial charge in [-0.1, -0.05) is 12.1 Å². The molecule has 0 fully saturated rings. The Labute approximate surface area is 129 Å². The predicted octanol–water partition coefficient (Wildman–Crippen LogP) is 3.94. The van der Waals surface area contributed by atoms with Gasteiger partial charge in [0.25, 0.3) is 5.69 Å². The molecular formula is C15H13F3N2O3. The number of nitro groups is 1. The maximum atomic E-state index is 12.4. The van der Waals surface area contributed by atoms with E-state index in [-0.39, 0.29) is 18.2 Å². The second-order valence-electron chi connectivity index (χ2n) is 4.86. The van der Waals surface area contributed by atoms with Crippen LogP contribution in [0, 0.1) is 17.0 Å². The molecule has 1 aromatic heterocycles. The maximum Gasteiger partial charge on any atom is 0.416 e. The highest BCUT2D eigenvalue weighted by atomic mass is 19.4. The number of hydrogen-bond donors (Lipinski definition) is 0. The minimum Gasteiger partial charge on any atom is -0.477 e. The number of aryl methyl sites for hydroxylation is 1. The van der Waals surface area contributed by atoms with Crippen LogP contribution in [0.15, 0.2) is 36.5 Å². The van der Waals surface area contributed by atoms with E-state index in [0.29, 0.717) is 17.5 Å². The number of hydrogen-bond acceptors (Lipinski definition) is 4. The average Bonchev–Trinajstić information content (AvgIpc) is 2.46. The van der Waals surface area contributed by atoms with Gasteiger partial charge in [0.05, 0.1) is 17.1 Å². The molecule has 0 N–H and O–H groups in total. The Kier molecular flexibility index (Phi) is 4.83. The largest absolute Gasteiger partial charge is 0.477 e. The molecule has 2 rings (SSSR count). The minimum atomic E-state index is -4.35. The Morgan fingerprint density at radius 2 is 1.91 bits per heavy atom. The summed E-state index contributed by atoms with van der Waals surface area (Å²) in [6.07, 6.45) is -2.84. The van der Waals surface area contributed by atoms with Gasteiger partial charge < -0.3 is 4.74 Å². The van der Waals surface area contributed by atoms with Gasteiger partial charge in [-0.05, 0) is 24.6 Å². The SMILES string of the molecule is Cc1cc(OCCc2ccc(C(F)(F)F)cc2)ncc1[N+](=O)[O-]. The average molecular weight is 326 g/mol. The van der Waals surface area contributed by atoms with Crippen molar-refractivity contribution in [1.29, 1.82) is 0 Å². The summed E-state index contributed by atoms with van der Waals surface area (Å²) in [5.41, 5.74) is 0.320. The lowest BCUT2D eigenvalue weighted by Gasteiger charge is -2.08. The molecular weight excluding hydrogens is 313 g/mol. The van der Waals surface area contributed by atoms with E-state index in [4.69, 9.17) is 4.74 Å². The number of benzene rings is 1. The highest BCUT2D eigenvalue weighted by molar-refractivity contribution is 5.39.